The minimum absolute atomic E-state index is 0. The fourth-order valence-corrected chi connectivity index (χ4v) is 3.17. The number of nitrogens with zero attached hydrogens (tertiary/aromatic N) is 4. The van der Waals surface area contributed by atoms with Crippen molar-refractivity contribution in [1.82, 2.24) is 15.1 Å². The Labute approximate surface area is 187 Å². The van der Waals surface area contributed by atoms with Crippen LogP contribution in [0.3, 0.4) is 0 Å². The van der Waals surface area contributed by atoms with E-state index in [0.29, 0.717) is 6.04 Å². The second kappa shape index (κ2) is 13.2. The van der Waals surface area contributed by atoms with Gasteiger partial charge >= 0.3 is 0 Å². The first-order valence-electron chi connectivity index (χ1n) is 10.2. The standard InChI is InChI=1S/C21H36FN5.HI/c1-5-23-21(24-12-6-7-13-25(4)18(2)3)27-16-14-26(15-17-27)20-10-8-19(22)9-11-20;/h8-11,18H,5-7,12-17H2,1-4H3,(H,23,24);1H. The van der Waals surface area contributed by atoms with Gasteiger partial charge in [-0.25, -0.2) is 4.39 Å². The molecule has 28 heavy (non-hydrogen) atoms. The average Bonchev–Trinajstić information content (AvgIpc) is 2.67. The van der Waals surface area contributed by atoms with Gasteiger partial charge in [0.2, 0.25) is 0 Å². The molecular formula is C21H37FIN5. The Morgan fingerprint density at radius 3 is 2.36 bits per heavy atom. The summed E-state index contributed by atoms with van der Waals surface area (Å²) in [4.78, 5) is 11.9. The molecule has 1 fully saturated rings. The zero-order chi connectivity index (χ0) is 19.6. The quantitative estimate of drug-likeness (QED) is 0.253. The predicted octanol–water partition coefficient (Wildman–Crippen LogP) is 3.65. The number of halogens is 2. The van der Waals surface area contributed by atoms with Crippen molar-refractivity contribution >= 4 is 35.6 Å². The smallest absolute Gasteiger partial charge is 0.194 e. The van der Waals surface area contributed by atoms with Crippen LogP contribution in [-0.2, 0) is 0 Å². The number of hydrogen-bond acceptors (Lipinski definition) is 3. The molecule has 1 N–H and O–H groups in total. The summed E-state index contributed by atoms with van der Waals surface area (Å²) in [6, 6.07) is 7.38. The molecule has 1 aromatic carbocycles. The Morgan fingerprint density at radius 1 is 1.14 bits per heavy atom. The molecule has 5 nitrogen and oxygen atoms in total. The van der Waals surface area contributed by atoms with E-state index < -0.39 is 0 Å². The highest BCUT2D eigenvalue weighted by Crippen LogP contribution is 2.17. The molecule has 1 aromatic rings. The van der Waals surface area contributed by atoms with Gasteiger partial charge in [-0.1, -0.05) is 0 Å². The molecule has 0 aromatic heterocycles. The lowest BCUT2D eigenvalue weighted by Crippen LogP contribution is -2.52. The van der Waals surface area contributed by atoms with Gasteiger partial charge in [0.05, 0.1) is 0 Å². The lowest BCUT2D eigenvalue weighted by Gasteiger charge is -2.37. The molecule has 1 aliphatic heterocycles. The summed E-state index contributed by atoms with van der Waals surface area (Å²) in [7, 11) is 2.18. The molecule has 0 amide bonds. The molecule has 2 rings (SSSR count). The summed E-state index contributed by atoms with van der Waals surface area (Å²) in [5.74, 6) is 0.840. The number of unbranched alkanes of at least 4 members (excludes halogenated alkanes) is 1. The summed E-state index contributed by atoms with van der Waals surface area (Å²) in [6.07, 6.45) is 2.29. The predicted molar refractivity (Wildman–Crippen MR) is 129 cm³/mol. The minimum atomic E-state index is -0.182. The van der Waals surface area contributed by atoms with Crippen LogP contribution in [0.5, 0.6) is 0 Å². The van der Waals surface area contributed by atoms with Crippen LogP contribution >= 0.6 is 24.0 Å². The Kier molecular flexibility index (Phi) is 11.8. The third kappa shape index (κ3) is 8.11. The topological polar surface area (TPSA) is 34.1 Å². The largest absolute Gasteiger partial charge is 0.368 e. The van der Waals surface area contributed by atoms with Gasteiger partial charge in [-0.15, -0.1) is 24.0 Å². The summed E-state index contributed by atoms with van der Waals surface area (Å²) in [5, 5.41) is 3.43. The number of piperazine rings is 1. The third-order valence-corrected chi connectivity index (χ3v) is 5.17. The number of rotatable bonds is 8. The van der Waals surface area contributed by atoms with E-state index in [1.54, 1.807) is 0 Å². The first-order valence-corrected chi connectivity index (χ1v) is 10.2. The highest BCUT2D eigenvalue weighted by Gasteiger charge is 2.19. The van der Waals surface area contributed by atoms with E-state index in [4.69, 9.17) is 4.99 Å². The third-order valence-electron chi connectivity index (χ3n) is 5.17. The Hall–Kier alpha value is -1.09. The van der Waals surface area contributed by atoms with E-state index in [9.17, 15) is 4.39 Å². The number of nitrogens with one attached hydrogen (secondary N) is 1. The average molecular weight is 505 g/mol. The monoisotopic (exact) mass is 505 g/mol. The maximum absolute atomic E-state index is 13.1. The second-order valence-corrected chi connectivity index (χ2v) is 7.47. The highest BCUT2D eigenvalue weighted by molar-refractivity contribution is 14.0. The molecule has 0 atom stereocenters. The lowest BCUT2D eigenvalue weighted by atomic mass is 10.2. The SMILES string of the molecule is CCNC(=NCCCCN(C)C(C)C)N1CCN(c2ccc(F)cc2)CC1.I. The molecule has 0 saturated carbocycles. The van der Waals surface area contributed by atoms with Crippen molar-refractivity contribution in [3.05, 3.63) is 30.1 Å². The van der Waals surface area contributed by atoms with Gasteiger partial charge in [-0.2, -0.15) is 0 Å². The second-order valence-electron chi connectivity index (χ2n) is 7.47. The normalized spacial score (nSPS) is 15.2. The van der Waals surface area contributed by atoms with Crippen LogP contribution in [0.4, 0.5) is 10.1 Å². The molecule has 0 radical (unpaired) electrons. The lowest BCUT2D eigenvalue weighted by molar-refractivity contribution is 0.269. The van der Waals surface area contributed by atoms with Crippen LogP contribution in [0.2, 0.25) is 0 Å². The zero-order valence-electron chi connectivity index (χ0n) is 17.8. The molecular weight excluding hydrogens is 468 g/mol. The maximum Gasteiger partial charge on any atom is 0.194 e. The molecule has 0 unspecified atom stereocenters. The molecule has 1 saturated heterocycles. The van der Waals surface area contributed by atoms with Crippen molar-refractivity contribution in [2.45, 2.75) is 39.7 Å². The highest BCUT2D eigenvalue weighted by atomic mass is 127. The van der Waals surface area contributed by atoms with Crippen LogP contribution in [-0.4, -0.2) is 74.7 Å². The van der Waals surface area contributed by atoms with E-state index in [1.165, 1.54) is 18.6 Å². The number of aliphatic imine (C=N–C) groups is 1. The van der Waals surface area contributed by atoms with E-state index in [-0.39, 0.29) is 29.8 Å². The Morgan fingerprint density at radius 2 is 1.79 bits per heavy atom. The van der Waals surface area contributed by atoms with Gasteiger partial charge in [0.25, 0.3) is 0 Å². The fourth-order valence-electron chi connectivity index (χ4n) is 3.17. The minimum Gasteiger partial charge on any atom is -0.368 e. The summed E-state index contributed by atoms with van der Waals surface area (Å²) >= 11 is 0. The maximum atomic E-state index is 13.1. The van der Waals surface area contributed by atoms with Crippen LogP contribution in [0.15, 0.2) is 29.3 Å². The van der Waals surface area contributed by atoms with Crippen molar-refractivity contribution in [1.29, 1.82) is 0 Å². The van der Waals surface area contributed by atoms with Crippen LogP contribution < -0.4 is 10.2 Å². The van der Waals surface area contributed by atoms with Gasteiger partial charge in [-0.3, -0.25) is 4.99 Å². The van der Waals surface area contributed by atoms with Crippen molar-refractivity contribution < 1.29 is 4.39 Å². The van der Waals surface area contributed by atoms with E-state index in [0.717, 1.165) is 63.9 Å². The van der Waals surface area contributed by atoms with Crippen molar-refractivity contribution in [3.8, 4) is 0 Å². The summed E-state index contributed by atoms with van der Waals surface area (Å²) in [5.41, 5.74) is 1.09. The van der Waals surface area contributed by atoms with Crippen molar-refractivity contribution in [2.75, 3.05) is 57.8 Å². The number of guanidine groups is 1. The van der Waals surface area contributed by atoms with E-state index >= 15 is 0 Å². The number of hydrogen-bond donors (Lipinski definition) is 1. The van der Waals surface area contributed by atoms with Gasteiger partial charge in [-0.05, 0) is 71.5 Å². The Bertz CT molecular complexity index is 571. The first-order chi connectivity index (χ1) is 13.0. The van der Waals surface area contributed by atoms with Gasteiger partial charge in [0.1, 0.15) is 5.82 Å². The van der Waals surface area contributed by atoms with Gasteiger partial charge in [0.15, 0.2) is 5.96 Å². The molecule has 0 bridgehead atoms. The molecule has 1 heterocycles. The Balaban J connectivity index is 0.00000392. The zero-order valence-corrected chi connectivity index (χ0v) is 20.2. The summed E-state index contributed by atoms with van der Waals surface area (Å²) in [6.45, 7) is 13.2. The summed E-state index contributed by atoms with van der Waals surface area (Å²) < 4.78 is 13.1. The molecule has 0 aliphatic carbocycles. The van der Waals surface area contributed by atoms with Crippen molar-refractivity contribution in [3.63, 3.8) is 0 Å². The van der Waals surface area contributed by atoms with Crippen LogP contribution in [0.1, 0.15) is 33.6 Å². The van der Waals surface area contributed by atoms with Gasteiger partial charge < -0.3 is 20.0 Å². The number of benzene rings is 1. The van der Waals surface area contributed by atoms with E-state index in [2.05, 4.69) is 47.8 Å². The first kappa shape index (κ1) is 24.9. The molecule has 160 valence electrons. The molecule has 0 spiro atoms. The number of anilines is 1. The van der Waals surface area contributed by atoms with Crippen LogP contribution in [0, 0.1) is 5.82 Å². The van der Waals surface area contributed by atoms with Crippen molar-refractivity contribution in [2.24, 2.45) is 4.99 Å². The van der Waals surface area contributed by atoms with Crippen LogP contribution in [0.25, 0.3) is 0 Å². The molecule has 1 aliphatic rings. The van der Waals surface area contributed by atoms with E-state index in [1.807, 2.05) is 12.1 Å². The fraction of sp³-hybridized carbons (Fsp3) is 0.667. The van der Waals surface area contributed by atoms with Gasteiger partial charge in [0, 0.05) is 51.0 Å². The molecule has 7 heteroatoms.